The maximum atomic E-state index is 5.93. The largest absolute Gasteiger partial charge is 0.497 e. The van der Waals surface area contributed by atoms with Gasteiger partial charge in [-0.2, -0.15) is 0 Å². The van der Waals surface area contributed by atoms with Gasteiger partial charge < -0.3 is 29.4 Å². The number of nitrogens with zero attached hydrogens (tertiary/aromatic N) is 1. The van der Waals surface area contributed by atoms with Crippen LogP contribution in [0.3, 0.4) is 0 Å². The van der Waals surface area contributed by atoms with E-state index in [4.69, 9.17) is 26.4 Å². The lowest BCUT2D eigenvalue weighted by molar-refractivity contribution is 0.353. The highest BCUT2D eigenvalue weighted by molar-refractivity contribution is 7.80. The Morgan fingerprint density at radius 1 is 0.944 bits per heavy atom. The number of benzene rings is 3. The summed E-state index contributed by atoms with van der Waals surface area (Å²) < 4.78 is 16.4. The summed E-state index contributed by atoms with van der Waals surface area (Å²) in [5, 5.41) is 5.32. The summed E-state index contributed by atoms with van der Waals surface area (Å²) in [5.41, 5.74) is 6.83. The summed E-state index contributed by atoms with van der Waals surface area (Å²) in [6, 6.07) is 18.3. The topological polar surface area (TPSA) is 58.8 Å². The summed E-state index contributed by atoms with van der Waals surface area (Å²) >= 11 is 5.93. The smallest absolute Gasteiger partial charge is 0.173 e. The minimum Gasteiger partial charge on any atom is -0.497 e. The van der Waals surface area contributed by atoms with Crippen LogP contribution in [0.5, 0.6) is 17.2 Å². The number of aryl methyl sites for hydroxylation is 1. The molecule has 0 bridgehead atoms. The molecule has 0 radical (unpaired) electrons. The fourth-order valence-electron chi connectivity index (χ4n) is 4.28. The highest BCUT2D eigenvalue weighted by Crippen LogP contribution is 2.29. The lowest BCUT2D eigenvalue weighted by Crippen LogP contribution is -2.36. The first-order valence-electron chi connectivity index (χ1n) is 11.9. The van der Waals surface area contributed by atoms with Crippen LogP contribution in [0.4, 0.5) is 5.69 Å². The molecule has 0 atom stereocenters. The van der Waals surface area contributed by atoms with E-state index in [1.807, 2.05) is 36.4 Å². The average molecular weight is 504 g/mol. The Balaban J connectivity index is 1.60. The van der Waals surface area contributed by atoms with Crippen LogP contribution in [0.15, 0.2) is 60.8 Å². The van der Waals surface area contributed by atoms with E-state index in [9.17, 15) is 0 Å². The van der Waals surface area contributed by atoms with E-state index in [2.05, 4.69) is 53.4 Å². The molecule has 36 heavy (non-hydrogen) atoms. The summed E-state index contributed by atoms with van der Waals surface area (Å²) in [7, 11) is 4.98. The molecule has 0 aliphatic carbocycles. The number of hydrogen-bond donors (Lipinski definition) is 2. The number of aromatic nitrogens is 1. The second-order valence-electron chi connectivity index (χ2n) is 8.76. The Hall–Kier alpha value is -3.71. The van der Waals surface area contributed by atoms with Gasteiger partial charge in [0.1, 0.15) is 5.75 Å². The Bertz CT molecular complexity index is 1370. The van der Waals surface area contributed by atoms with Crippen LogP contribution in [0.2, 0.25) is 0 Å². The highest BCUT2D eigenvalue weighted by Gasteiger charge is 2.15. The standard InChI is InChI=1S/C29H33N3O3S/c1-19-7-6-8-25(20(19)2)31-29(36)32(18-21-9-12-27(34-4)28(15-21)35-5)14-13-22-17-30-26-11-10-23(33-3)16-24(22)26/h6-12,15-17,30H,13-14,18H2,1-5H3,(H,31,36). The maximum absolute atomic E-state index is 5.93. The molecule has 3 aromatic carbocycles. The Kier molecular flexibility index (Phi) is 8.00. The average Bonchev–Trinajstić information content (AvgIpc) is 3.30. The molecule has 0 aliphatic rings. The fourth-order valence-corrected chi connectivity index (χ4v) is 4.55. The predicted octanol–water partition coefficient (Wildman–Crippen LogP) is 6.25. The van der Waals surface area contributed by atoms with Crippen LogP contribution < -0.4 is 19.5 Å². The van der Waals surface area contributed by atoms with Crippen molar-refractivity contribution in [1.82, 2.24) is 9.88 Å². The van der Waals surface area contributed by atoms with E-state index >= 15 is 0 Å². The summed E-state index contributed by atoms with van der Waals surface area (Å²) in [4.78, 5) is 5.56. The Morgan fingerprint density at radius 3 is 2.50 bits per heavy atom. The van der Waals surface area contributed by atoms with E-state index < -0.39 is 0 Å². The molecule has 2 N–H and O–H groups in total. The lowest BCUT2D eigenvalue weighted by atomic mass is 10.1. The van der Waals surface area contributed by atoms with Gasteiger partial charge in [-0.3, -0.25) is 0 Å². The molecule has 4 rings (SSSR count). The van der Waals surface area contributed by atoms with Crippen LogP contribution >= 0.6 is 12.2 Å². The van der Waals surface area contributed by atoms with Gasteiger partial charge in [0.15, 0.2) is 16.6 Å². The number of ether oxygens (including phenoxy) is 3. The van der Waals surface area contributed by atoms with E-state index in [1.54, 1.807) is 21.3 Å². The second kappa shape index (κ2) is 11.4. The molecule has 0 aliphatic heterocycles. The SMILES string of the molecule is COc1ccc2[nH]cc(CCN(Cc3ccc(OC)c(OC)c3)C(=S)Nc3cccc(C)c3C)c2c1. The monoisotopic (exact) mass is 503 g/mol. The van der Waals surface area contributed by atoms with E-state index in [0.29, 0.717) is 23.2 Å². The van der Waals surface area contributed by atoms with E-state index in [-0.39, 0.29) is 0 Å². The minimum atomic E-state index is 0.628. The van der Waals surface area contributed by atoms with Crippen molar-refractivity contribution in [3.8, 4) is 17.2 Å². The number of nitrogens with one attached hydrogen (secondary N) is 2. The predicted molar refractivity (Wildman–Crippen MR) is 151 cm³/mol. The van der Waals surface area contributed by atoms with Crippen molar-refractivity contribution in [2.24, 2.45) is 0 Å². The molecule has 0 amide bonds. The molecule has 0 fully saturated rings. The normalized spacial score (nSPS) is 10.8. The molecule has 1 heterocycles. The number of thiocarbonyl (C=S) groups is 1. The zero-order chi connectivity index (χ0) is 25.7. The van der Waals surface area contributed by atoms with Gasteiger partial charge in [0, 0.05) is 35.9 Å². The third-order valence-electron chi connectivity index (χ3n) is 6.58. The molecule has 188 valence electrons. The van der Waals surface area contributed by atoms with Crippen molar-refractivity contribution in [2.75, 3.05) is 33.2 Å². The third kappa shape index (κ3) is 5.57. The number of H-pyrrole nitrogens is 1. The molecule has 7 heteroatoms. The molecule has 0 saturated carbocycles. The van der Waals surface area contributed by atoms with E-state index in [0.717, 1.165) is 40.9 Å². The first-order valence-corrected chi connectivity index (χ1v) is 12.3. The number of fused-ring (bicyclic) bond motifs is 1. The molecule has 4 aromatic rings. The second-order valence-corrected chi connectivity index (χ2v) is 9.15. The number of methoxy groups -OCH3 is 3. The summed E-state index contributed by atoms with van der Waals surface area (Å²) in [6.07, 6.45) is 2.88. The summed E-state index contributed by atoms with van der Waals surface area (Å²) in [5.74, 6) is 2.25. The van der Waals surface area contributed by atoms with Crippen molar-refractivity contribution < 1.29 is 14.2 Å². The van der Waals surface area contributed by atoms with Crippen LogP contribution in [0, 0.1) is 13.8 Å². The molecule has 0 spiro atoms. The fraction of sp³-hybridized carbons (Fsp3) is 0.276. The number of rotatable bonds is 9. The van der Waals surface area contributed by atoms with Gasteiger partial charge in [-0.05, 0) is 91.1 Å². The Labute approximate surface area is 218 Å². The molecule has 0 unspecified atom stereocenters. The minimum absolute atomic E-state index is 0.628. The first kappa shape index (κ1) is 25.4. The Morgan fingerprint density at radius 2 is 1.75 bits per heavy atom. The van der Waals surface area contributed by atoms with Crippen LogP contribution in [-0.2, 0) is 13.0 Å². The van der Waals surface area contributed by atoms with Crippen molar-refractivity contribution in [3.63, 3.8) is 0 Å². The van der Waals surface area contributed by atoms with Crippen molar-refractivity contribution in [2.45, 2.75) is 26.8 Å². The number of hydrogen-bond acceptors (Lipinski definition) is 4. The van der Waals surface area contributed by atoms with Crippen LogP contribution in [0.25, 0.3) is 10.9 Å². The van der Waals surface area contributed by atoms with E-state index in [1.165, 1.54) is 16.7 Å². The molecular formula is C29H33N3O3S. The maximum Gasteiger partial charge on any atom is 0.173 e. The zero-order valence-electron chi connectivity index (χ0n) is 21.5. The van der Waals surface area contributed by atoms with Crippen molar-refractivity contribution >= 4 is 33.9 Å². The van der Waals surface area contributed by atoms with Gasteiger partial charge in [0.2, 0.25) is 0 Å². The molecule has 6 nitrogen and oxygen atoms in total. The van der Waals surface area contributed by atoms with Gasteiger partial charge in [0.25, 0.3) is 0 Å². The van der Waals surface area contributed by atoms with Crippen molar-refractivity contribution in [1.29, 1.82) is 0 Å². The van der Waals surface area contributed by atoms with Crippen LogP contribution in [-0.4, -0.2) is 42.9 Å². The number of aromatic amines is 1. The van der Waals surface area contributed by atoms with Gasteiger partial charge in [-0.15, -0.1) is 0 Å². The van der Waals surface area contributed by atoms with Gasteiger partial charge in [-0.25, -0.2) is 0 Å². The van der Waals surface area contributed by atoms with Gasteiger partial charge in [0.05, 0.1) is 21.3 Å². The van der Waals surface area contributed by atoms with Crippen molar-refractivity contribution in [3.05, 3.63) is 83.0 Å². The number of anilines is 1. The quantitative estimate of drug-likeness (QED) is 0.263. The highest BCUT2D eigenvalue weighted by atomic mass is 32.1. The zero-order valence-corrected chi connectivity index (χ0v) is 22.3. The third-order valence-corrected chi connectivity index (χ3v) is 6.94. The first-order chi connectivity index (χ1) is 17.4. The van der Waals surface area contributed by atoms with Gasteiger partial charge >= 0.3 is 0 Å². The molecule has 0 saturated heterocycles. The van der Waals surface area contributed by atoms with Crippen LogP contribution in [0.1, 0.15) is 22.3 Å². The summed E-state index contributed by atoms with van der Waals surface area (Å²) in [6.45, 7) is 5.58. The lowest BCUT2D eigenvalue weighted by Gasteiger charge is -2.27. The molecule has 1 aromatic heterocycles. The van der Waals surface area contributed by atoms with Gasteiger partial charge in [-0.1, -0.05) is 18.2 Å². The molecular weight excluding hydrogens is 470 g/mol.